The standard InChI is InChI=1S/C49H94O6/c1-6-7-8-9-22-31-36-41-49(52)55-46(43-54-48(51)40-35-30-26-25-28-33-38-45(4)5)42-53-47(50)39-34-29-24-21-19-17-15-13-11-10-12-14-16-18-20-23-27-32-37-44(2)3/h44-46H,6-43H2,1-5H3/t46-/m1/s1. The molecule has 0 aromatic carbocycles. The van der Waals surface area contributed by atoms with Gasteiger partial charge in [-0.1, -0.05) is 227 Å². The van der Waals surface area contributed by atoms with Crippen molar-refractivity contribution in [1.29, 1.82) is 0 Å². The fourth-order valence-corrected chi connectivity index (χ4v) is 7.28. The number of hydrogen-bond acceptors (Lipinski definition) is 6. The molecule has 0 aliphatic rings. The summed E-state index contributed by atoms with van der Waals surface area (Å²) in [7, 11) is 0. The second-order valence-electron chi connectivity index (χ2n) is 17.7. The van der Waals surface area contributed by atoms with Gasteiger partial charge in [-0.05, 0) is 31.1 Å². The molecule has 0 bridgehead atoms. The monoisotopic (exact) mass is 779 g/mol. The Balaban J connectivity index is 4.08. The summed E-state index contributed by atoms with van der Waals surface area (Å²) in [4.78, 5) is 37.6. The summed E-state index contributed by atoms with van der Waals surface area (Å²) in [6, 6.07) is 0. The molecule has 0 aliphatic carbocycles. The summed E-state index contributed by atoms with van der Waals surface area (Å²) in [5.74, 6) is 0.757. The van der Waals surface area contributed by atoms with Crippen molar-refractivity contribution in [2.75, 3.05) is 13.2 Å². The zero-order valence-corrected chi connectivity index (χ0v) is 37.6. The Bertz CT molecular complexity index is 839. The molecule has 0 radical (unpaired) electrons. The Hall–Kier alpha value is -1.59. The molecule has 0 amide bonds. The summed E-state index contributed by atoms with van der Waals surface area (Å²) < 4.78 is 16.7. The minimum absolute atomic E-state index is 0.0655. The van der Waals surface area contributed by atoms with E-state index in [0.717, 1.165) is 69.6 Å². The first kappa shape index (κ1) is 53.4. The van der Waals surface area contributed by atoms with Gasteiger partial charge in [-0.25, -0.2) is 0 Å². The molecule has 0 aliphatic heterocycles. The van der Waals surface area contributed by atoms with E-state index < -0.39 is 6.10 Å². The summed E-state index contributed by atoms with van der Waals surface area (Å²) in [5.41, 5.74) is 0. The third kappa shape index (κ3) is 43.4. The van der Waals surface area contributed by atoms with Crippen LogP contribution in [0.2, 0.25) is 0 Å². The van der Waals surface area contributed by atoms with Gasteiger partial charge >= 0.3 is 17.9 Å². The molecule has 0 aromatic rings. The van der Waals surface area contributed by atoms with Gasteiger partial charge in [0.15, 0.2) is 6.10 Å². The van der Waals surface area contributed by atoms with Gasteiger partial charge < -0.3 is 14.2 Å². The molecule has 0 heterocycles. The molecular formula is C49H94O6. The van der Waals surface area contributed by atoms with Crippen molar-refractivity contribution in [2.24, 2.45) is 11.8 Å². The lowest BCUT2D eigenvalue weighted by Crippen LogP contribution is -2.30. The van der Waals surface area contributed by atoms with Gasteiger partial charge in [-0.15, -0.1) is 0 Å². The first-order valence-electron chi connectivity index (χ1n) is 24.2. The van der Waals surface area contributed by atoms with Crippen LogP contribution in [0.25, 0.3) is 0 Å². The maximum absolute atomic E-state index is 12.6. The highest BCUT2D eigenvalue weighted by atomic mass is 16.6. The van der Waals surface area contributed by atoms with Crippen LogP contribution in [0.4, 0.5) is 0 Å². The number of ether oxygens (including phenoxy) is 3. The second kappa shape index (κ2) is 42.0. The third-order valence-electron chi connectivity index (χ3n) is 11.0. The van der Waals surface area contributed by atoms with Crippen LogP contribution in [0.3, 0.4) is 0 Å². The molecule has 6 nitrogen and oxygen atoms in total. The number of rotatable bonds is 43. The normalized spacial score (nSPS) is 12.1. The summed E-state index contributed by atoms with van der Waals surface area (Å²) >= 11 is 0. The Morgan fingerprint density at radius 3 is 0.891 bits per heavy atom. The molecule has 1 atom stereocenters. The van der Waals surface area contributed by atoms with E-state index in [-0.39, 0.29) is 31.1 Å². The number of unbranched alkanes of at least 4 members (excludes halogenated alkanes) is 28. The quantitative estimate of drug-likeness (QED) is 0.0348. The van der Waals surface area contributed by atoms with E-state index in [2.05, 4.69) is 34.6 Å². The molecule has 0 saturated heterocycles. The molecular weight excluding hydrogens is 685 g/mol. The largest absolute Gasteiger partial charge is 0.462 e. The summed E-state index contributed by atoms with van der Waals surface area (Å²) in [5, 5.41) is 0. The average molecular weight is 779 g/mol. The Kier molecular flexibility index (Phi) is 40.8. The predicted octanol–water partition coefficient (Wildman–Crippen LogP) is 15.4. The van der Waals surface area contributed by atoms with E-state index in [9.17, 15) is 14.4 Å². The maximum Gasteiger partial charge on any atom is 0.306 e. The molecule has 6 heteroatoms. The molecule has 0 rings (SSSR count). The van der Waals surface area contributed by atoms with Gasteiger partial charge in [0.1, 0.15) is 13.2 Å². The van der Waals surface area contributed by atoms with Crippen molar-refractivity contribution in [3.63, 3.8) is 0 Å². The fraction of sp³-hybridized carbons (Fsp3) is 0.939. The number of carbonyl (C=O) groups excluding carboxylic acids is 3. The summed E-state index contributed by atoms with van der Waals surface area (Å²) in [6.45, 7) is 11.3. The van der Waals surface area contributed by atoms with Crippen LogP contribution in [0.5, 0.6) is 0 Å². The molecule has 0 fully saturated rings. The predicted molar refractivity (Wildman–Crippen MR) is 233 cm³/mol. The van der Waals surface area contributed by atoms with Crippen LogP contribution in [0, 0.1) is 11.8 Å². The number of esters is 3. The van der Waals surface area contributed by atoms with Gasteiger partial charge in [0.2, 0.25) is 0 Å². The zero-order valence-electron chi connectivity index (χ0n) is 37.6. The van der Waals surface area contributed by atoms with E-state index in [4.69, 9.17) is 14.2 Å². The molecule has 0 unspecified atom stereocenters. The Morgan fingerprint density at radius 1 is 0.345 bits per heavy atom. The molecule has 0 spiro atoms. The van der Waals surface area contributed by atoms with Gasteiger partial charge in [0, 0.05) is 19.3 Å². The van der Waals surface area contributed by atoms with Crippen LogP contribution in [0.1, 0.15) is 266 Å². The molecule has 326 valence electrons. The van der Waals surface area contributed by atoms with E-state index >= 15 is 0 Å². The van der Waals surface area contributed by atoms with Crippen LogP contribution >= 0.6 is 0 Å². The van der Waals surface area contributed by atoms with Crippen molar-refractivity contribution < 1.29 is 28.6 Å². The van der Waals surface area contributed by atoms with Crippen LogP contribution in [0.15, 0.2) is 0 Å². The molecule has 0 aromatic heterocycles. The van der Waals surface area contributed by atoms with Crippen molar-refractivity contribution in [3.05, 3.63) is 0 Å². The SMILES string of the molecule is CCCCCCCCCC(=O)O[C@H](COC(=O)CCCCCCCCCCCCCCCCCCCCC(C)C)COC(=O)CCCCCCCCC(C)C. The number of hydrogen-bond donors (Lipinski definition) is 0. The zero-order chi connectivity index (χ0) is 40.5. The maximum atomic E-state index is 12.6. The van der Waals surface area contributed by atoms with Crippen LogP contribution in [-0.2, 0) is 28.6 Å². The van der Waals surface area contributed by atoms with Crippen LogP contribution in [-0.4, -0.2) is 37.2 Å². The van der Waals surface area contributed by atoms with Crippen molar-refractivity contribution in [1.82, 2.24) is 0 Å². The number of carbonyl (C=O) groups is 3. The first-order chi connectivity index (χ1) is 26.7. The van der Waals surface area contributed by atoms with Gasteiger partial charge in [0.05, 0.1) is 0 Å². The topological polar surface area (TPSA) is 78.9 Å². The van der Waals surface area contributed by atoms with E-state index in [1.807, 2.05) is 0 Å². The fourth-order valence-electron chi connectivity index (χ4n) is 7.28. The molecule has 0 saturated carbocycles. The molecule has 55 heavy (non-hydrogen) atoms. The van der Waals surface area contributed by atoms with Gasteiger partial charge in [-0.2, -0.15) is 0 Å². The Morgan fingerprint density at radius 2 is 0.600 bits per heavy atom. The van der Waals surface area contributed by atoms with Crippen molar-refractivity contribution in [2.45, 2.75) is 272 Å². The lowest BCUT2D eigenvalue weighted by atomic mass is 10.0. The second-order valence-corrected chi connectivity index (χ2v) is 17.7. The minimum atomic E-state index is -0.759. The molecule has 0 N–H and O–H groups in total. The lowest BCUT2D eigenvalue weighted by molar-refractivity contribution is -0.167. The van der Waals surface area contributed by atoms with E-state index in [0.29, 0.717) is 19.3 Å². The van der Waals surface area contributed by atoms with Crippen molar-refractivity contribution >= 4 is 17.9 Å². The van der Waals surface area contributed by atoms with E-state index in [1.54, 1.807) is 0 Å². The minimum Gasteiger partial charge on any atom is -0.462 e. The highest BCUT2D eigenvalue weighted by molar-refractivity contribution is 5.71. The third-order valence-corrected chi connectivity index (χ3v) is 11.0. The first-order valence-corrected chi connectivity index (χ1v) is 24.2. The van der Waals surface area contributed by atoms with Gasteiger partial charge in [0.25, 0.3) is 0 Å². The highest BCUT2D eigenvalue weighted by Crippen LogP contribution is 2.17. The highest BCUT2D eigenvalue weighted by Gasteiger charge is 2.19. The summed E-state index contributed by atoms with van der Waals surface area (Å²) in [6.07, 6.45) is 41.3. The average Bonchev–Trinajstić information content (AvgIpc) is 3.15. The van der Waals surface area contributed by atoms with E-state index in [1.165, 1.54) is 154 Å². The van der Waals surface area contributed by atoms with Crippen molar-refractivity contribution in [3.8, 4) is 0 Å². The van der Waals surface area contributed by atoms with Crippen LogP contribution < -0.4 is 0 Å². The lowest BCUT2D eigenvalue weighted by Gasteiger charge is -2.18. The Labute approximate surface area is 342 Å². The van der Waals surface area contributed by atoms with Gasteiger partial charge in [-0.3, -0.25) is 14.4 Å². The smallest absolute Gasteiger partial charge is 0.306 e.